The monoisotopic (exact) mass is 274 g/mol. The molecule has 0 saturated carbocycles. The Morgan fingerprint density at radius 3 is 2.63 bits per heavy atom. The molecule has 2 rings (SSSR count). The SMILES string of the molecule is CSc1nc(N)cc(Nc2ccccc2C(C)C)n1. The molecule has 0 saturated heterocycles. The van der Waals surface area contributed by atoms with Crippen LogP contribution in [0.15, 0.2) is 35.5 Å². The van der Waals surface area contributed by atoms with Gasteiger partial charge in [0.15, 0.2) is 5.16 Å². The minimum atomic E-state index is 0.447. The Balaban J connectivity index is 2.33. The van der Waals surface area contributed by atoms with Gasteiger partial charge in [0.2, 0.25) is 0 Å². The number of hydrogen-bond donors (Lipinski definition) is 2. The predicted molar refractivity (Wildman–Crippen MR) is 82.0 cm³/mol. The Morgan fingerprint density at radius 2 is 1.95 bits per heavy atom. The van der Waals surface area contributed by atoms with E-state index < -0.39 is 0 Å². The van der Waals surface area contributed by atoms with Crippen molar-refractivity contribution in [3.8, 4) is 0 Å². The normalized spacial score (nSPS) is 10.7. The van der Waals surface area contributed by atoms with Crippen LogP contribution in [0, 0.1) is 0 Å². The van der Waals surface area contributed by atoms with Crippen LogP contribution in [-0.4, -0.2) is 16.2 Å². The molecule has 5 heteroatoms. The number of hydrogen-bond acceptors (Lipinski definition) is 5. The van der Waals surface area contributed by atoms with Crippen molar-refractivity contribution in [1.82, 2.24) is 9.97 Å². The lowest BCUT2D eigenvalue weighted by Gasteiger charge is -2.14. The van der Waals surface area contributed by atoms with Gasteiger partial charge in [0.05, 0.1) is 0 Å². The van der Waals surface area contributed by atoms with E-state index >= 15 is 0 Å². The molecule has 2 aromatic rings. The van der Waals surface area contributed by atoms with E-state index in [1.54, 1.807) is 6.07 Å². The lowest BCUT2D eigenvalue weighted by Crippen LogP contribution is -2.02. The van der Waals surface area contributed by atoms with Crippen LogP contribution in [0.2, 0.25) is 0 Å². The Hall–Kier alpha value is -1.75. The van der Waals surface area contributed by atoms with Gasteiger partial charge in [-0.05, 0) is 23.8 Å². The molecule has 3 N–H and O–H groups in total. The molecule has 100 valence electrons. The first-order chi connectivity index (χ1) is 9.10. The van der Waals surface area contributed by atoms with E-state index in [-0.39, 0.29) is 0 Å². The van der Waals surface area contributed by atoms with Gasteiger partial charge in [-0.15, -0.1) is 0 Å². The maximum atomic E-state index is 5.78. The summed E-state index contributed by atoms with van der Waals surface area (Å²) in [7, 11) is 0. The first kappa shape index (κ1) is 13.7. The third-order valence-corrected chi connectivity index (χ3v) is 3.30. The van der Waals surface area contributed by atoms with Crippen molar-refractivity contribution in [2.45, 2.75) is 24.9 Å². The van der Waals surface area contributed by atoms with Crippen molar-refractivity contribution in [1.29, 1.82) is 0 Å². The number of anilines is 3. The topological polar surface area (TPSA) is 63.8 Å². The van der Waals surface area contributed by atoms with Gasteiger partial charge in [0.25, 0.3) is 0 Å². The lowest BCUT2D eigenvalue weighted by atomic mass is 10.0. The lowest BCUT2D eigenvalue weighted by molar-refractivity contribution is 0.868. The van der Waals surface area contributed by atoms with Gasteiger partial charge >= 0.3 is 0 Å². The van der Waals surface area contributed by atoms with Gasteiger partial charge in [-0.3, -0.25) is 0 Å². The molecule has 1 heterocycles. The van der Waals surface area contributed by atoms with Gasteiger partial charge in [-0.2, -0.15) is 0 Å². The average molecular weight is 274 g/mol. The maximum Gasteiger partial charge on any atom is 0.191 e. The van der Waals surface area contributed by atoms with Crippen molar-refractivity contribution in [3.63, 3.8) is 0 Å². The fourth-order valence-corrected chi connectivity index (χ4v) is 2.24. The predicted octanol–water partition coefficient (Wildman–Crippen LogP) is 3.65. The second-order valence-corrected chi connectivity index (χ2v) is 5.31. The van der Waals surface area contributed by atoms with Crippen LogP contribution < -0.4 is 11.1 Å². The van der Waals surface area contributed by atoms with Gasteiger partial charge in [0.1, 0.15) is 11.6 Å². The quantitative estimate of drug-likeness (QED) is 0.658. The standard InChI is InChI=1S/C14H18N4S/c1-9(2)10-6-4-5-7-11(10)16-13-8-12(15)17-14(18-13)19-3/h4-9H,1-3H3,(H3,15,16,17,18). The molecule has 0 aliphatic rings. The van der Waals surface area contributed by atoms with E-state index in [1.165, 1.54) is 17.3 Å². The Morgan fingerprint density at radius 1 is 1.21 bits per heavy atom. The molecule has 19 heavy (non-hydrogen) atoms. The molecule has 0 unspecified atom stereocenters. The van der Waals surface area contributed by atoms with Crippen LogP contribution in [0.3, 0.4) is 0 Å². The summed E-state index contributed by atoms with van der Waals surface area (Å²) < 4.78 is 0. The largest absolute Gasteiger partial charge is 0.383 e. The number of nitrogens with one attached hydrogen (secondary N) is 1. The van der Waals surface area contributed by atoms with Crippen LogP contribution in [0.1, 0.15) is 25.3 Å². The van der Waals surface area contributed by atoms with Gasteiger partial charge in [-0.1, -0.05) is 43.8 Å². The van der Waals surface area contributed by atoms with E-state index in [1.807, 2.05) is 24.5 Å². The molecule has 0 spiro atoms. The highest BCUT2D eigenvalue weighted by Crippen LogP contribution is 2.27. The van der Waals surface area contributed by atoms with Crippen molar-refractivity contribution >= 4 is 29.1 Å². The molecular formula is C14H18N4S. The summed E-state index contributed by atoms with van der Waals surface area (Å²) in [6.45, 7) is 4.34. The highest BCUT2D eigenvalue weighted by atomic mass is 32.2. The van der Waals surface area contributed by atoms with Crippen molar-refractivity contribution in [2.24, 2.45) is 0 Å². The summed E-state index contributed by atoms with van der Waals surface area (Å²) in [4.78, 5) is 8.55. The highest BCUT2D eigenvalue weighted by Gasteiger charge is 2.08. The van der Waals surface area contributed by atoms with Gasteiger partial charge in [0, 0.05) is 11.8 Å². The zero-order chi connectivity index (χ0) is 13.8. The fraction of sp³-hybridized carbons (Fsp3) is 0.286. The van der Waals surface area contributed by atoms with Crippen LogP contribution >= 0.6 is 11.8 Å². The summed E-state index contributed by atoms with van der Waals surface area (Å²) in [6, 6.07) is 9.96. The van der Waals surface area contributed by atoms with Gasteiger partial charge in [-0.25, -0.2) is 9.97 Å². The molecule has 0 bridgehead atoms. The second kappa shape index (κ2) is 5.93. The number of aromatic nitrogens is 2. The molecule has 0 amide bonds. The molecule has 0 aliphatic carbocycles. The fourth-order valence-electron chi connectivity index (χ4n) is 1.85. The highest BCUT2D eigenvalue weighted by molar-refractivity contribution is 7.98. The van der Waals surface area contributed by atoms with Crippen molar-refractivity contribution in [3.05, 3.63) is 35.9 Å². The number of benzene rings is 1. The first-order valence-electron chi connectivity index (χ1n) is 6.14. The molecule has 0 atom stereocenters. The number of rotatable bonds is 4. The summed E-state index contributed by atoms with van der Waals surface area (Å²) in [6.07, 6.45) is 1.93. The summed E-state index contributed by atoms with van der Waals surface area (Å²) in [5.41, 5.74) is 8.10. The van der Waals surface area contributed by atoms with Crippen molar-refractivity contribution in [2.75, 3.05) is 17.3 Å². The number of para-hydroxylation sites is 1. The van der Waals surface area contributed by atoms with E-state index in [2.05, 4.69) is 35.2 Å². The Labute approximate surface area is 117 Å². The molecule has 1 aromatic heterocycles. The van der Waals surface area contributed by atoms with Gasteiger partial charge < -0.3 is 11.1 Å². The summed E-state index contributed by atoms with van der Waals surface area (Å²) in [5.74, 6) is 1.65. The number of thioether (sulfide) groups is 1. The maximum absolute atomic E-state index is 5.78. The Kier molecular flexibility index (Phi) is 4.27. The van der Waals surface area contributed by atoms with E-state index in [4.69, 9.17) is 5.73 Å². The van der Waals surface area contributed by atoms with Crippen LogP contribution in [0.5, 0.6) is 0 Å². The minimum Gasteiger partial charge on any atom is -0.383 e. The average Bonchev–Trinajstić information content (AvgIpc) is 2.38. The van der Waals surface area contributed by atoms with E-state index in [0.29, 0.717) is 16.9 Å². The first-order valence-corrected chi connectivity index (χ1v) is 7.37. The van der Waals surface area contributed by atoms with E-state index in [0.717, 1.165) is 11.5 Å². The number of nitrogens with zero attached hydrogens (tertiary/aromatic N) is 2. The van der Waals surface area contributed by atoms with Crippen LogP contribution in [-0.2, 0) is 0 Å². The molecule has 0 fully saturated rings. The minimum absolute atomic E-state index is 0.447. The number of nitrogen functional groups attached to an aromatic ring is 1. The van der Waals surface area contributed by atoms with E-state index in [9.17, 15) is 0 Å². The zero-order valence-corrected chi connectivity index (χ0v) is 12.2. The van der Waals surface area contributed by atoms with Crippen LogP contribution in [0.4, 0.5) is 17.3 Å². The summed E-state index contributed by atoms with van der Waals surface area (Å²) >= 11 is 1.48. The molecule has 4 nitrogen and oxygen atoms in total. The number of nitrogens with two attached hydrogens (primary N) is 1. The second-order valence-electron chi connectivity index (χ2n) is 4.53. The smallest absolute Gasteiger partial charge is 0.191 e. The third-order valence-electron chi connectivity index (χ3n) is 2.75. The Bertz CT molecular complexity index is 569. The van der Waals surface area contributed by atoms with Crippen LogP contribution in [0.25, 0.3) is 0 Å². The third kappa shape index (κ3) is 3.38. The molecule has 0 radical (unpaired) electrons. The molecule has 0 aliphatic heterocycles. The van der Waals surface area contributed by atoms with Crippen molar-refractivity contribution < 1.29 is 0 Å². The molecular weight excluding hydrogens is 256 g/mol. The summed E-state index contributed by atoms with van der Waals surface area (Å²) in [5, 5.41) is 4.00. The molecule has 1 aromatic carbocycles. The zero-order valence-electron chi connectivity index (χ0n) is 11.3.